The fraction of sp³-hybridized carbons (Fsp3) is 0.632. The van der Waals surface area contributed by atoms with Crippen LogP contribution in [-0.4, -0.2) is 18.1 Å². The van der Waals surface area contributed by atoms with Gasteiger partial charge >= 0.3 is 0 Å². The van der Waals surface area contributed by atoms with E-state index in [2.05, 4.69) is 59.0 Å². The number of allylic oxidation sites excluding steroid dienone is 5. The van der Waals surface area contributed by atoms with Gasteiger partial charge in [0.2, 0.25) is 5.91 Å². The second kappa shape index (κ2) is 6.72. The Balaban J connectivity index is 3.19. The number of amides is 1. The number of carbonyl (C=O) groups excluding carboxylic acids is 1. The van der Waals surface area contributed by atoms with E-state index in [0.717, 1.165) is 17.6 Å². The van der Waals surface area contributed by atoms with Gasteiger partial charge in [-0.3, -0.25) is 4.79 Å². The van der Waals surface area contributed by atoms with Crippen molar-refractivity contribution in [2.75, 3.05) is 7.05 Å². The van der Waals surface area contributed by atoms with Gasteiger partial charge in [-0.25, -0.2) is 0 Å². The van der Waals surface area contributed by atoms with Crippen molar-refractivity contribution in [3.05, 3.63) is 35.1 Å². The number of rotatable bonds is 3. The van der Waals surface area contributed by atoms with Crippen LogP contribution in [0.15, 0.2) is 35.1 Å². The van der Waals surface area contributed by atoms with Crippen LogP contribution in [0.3, 0.4) is 0 Å². The Kier molecular flexibility index (Phi) is 5.66. The van der Waals surface area contributed by atoms with E-state index >= 15 is 0 Å². The lowest BCUT2D eigenvalue weighted by molar-refractivity contribution is -0.120. The smallest absolute Gasteiger partial charge is 0.219 e. The molecule has 0 saturated carbocycles. The highest BCUT2D eigenvalue weighted by Gasteiger charge is 2.29. The van der Waals surface area contributed by atoms with Crippen molar-refractivity contribution in [3.8, 4) is 0 Å². The number of hydrogen-bond acceptors (Lipinski definition) is 2. The summed E-state index contributed by atoms with van der Waals surface area (Å²) in [7, 11) is 1.66. The van der Waals surface area contributed by atoms with Crippen molar-refractivity contribution in [1.82, 2.24) is 5.32 Å². The maximum atomic E-state index is 11.5. The highest BCUT2D eigenvalue weighted by molar-refractivity contribution is 5.75. The van der Waals surface area contributed by atoms with Crippen LogP contribution in [0.25, 0.3) is 0 Å². The fourth-order valence-corrected chi connectivity index (χ4v) is 2.61. The number of hydrogen-bond donors (Lipinski definition) is 2. The molecule has 22 heavy (non-hydrogen) atoms. The minimum absolute atomic E-state index is 0.0524. The molecule has 0 radical (unpaired) electrons. The topological polar surface area (TPSA) is 49.3 Å². The molecular formula is C19H31NO2. The molecule has 1 atom stereocenters. The van der Waals surface area contributed by atoms with Gasteiger partial charge in [-0.15, -0.1) is 0 Å². The fourth-order valence-electron chi connectivity index (χ4n) is 2.61. The summed E-state index contributed by atoms with van der Waals surface area (Å²) >= 11 is 0. The molecule has 0 aromatic carbocycles. The monoisotopic (exact) mass is 305 g/mol. The van der Waals surface area contributed by atoms with Gasteiger partial charge < -0.3 is 10.4 Å². The third-order valence-electron chi connectivity index (χ3n) is 4.00. The molecule has 3 nitrogen and oxygen atoms in total. The van der Waals surface area contributed by atoms with Crippen LogP contribution in [0.1, 0.15) is 54.4 Å². The molecule has 1 rings (SSSR count). The Morgan fingerprint density at radius 1 is 1.18 bits per heavy atom. The van der Waals surface area contributed by atoms with Gasteiger partial charge in [0, 0.05) is 13.5 Å². The zero-order valence-corrected chi connectivity index (χ0v) is 15.1. The first-order valence-electron chi connectivity index (χ1n) is 8.02. The molecule has 124 valence electrons. The zero-order chi connectivity index (χ0) is 17.1. The van der Waals surface area contributed by atoms with E-state index in [1.807, 2.05) is 6.08 Å². The lowest BCUT2D eigenvalue weighted by Gasteiger charge is -2.27. The number of carbonyl (C=O) groups is 1. The first-order chi connectivity index (χ1) is 9.96. The van der Waals surface area contributed by atoms with Crippen LogP contribution < -0.4 is 5.32 Å². The quantitative estimate of drug-likeness (QED) is 0.805. The lowest BCUT2D eigenvalue weighted by Crippen LogP contribution is -2.18. The van der Waals surface area contributed by atoms with Crippen molar-refractivity contribution < 1.29 is 9.90 Å². The third-order valence-corrected chi connectivity index (χ3v) is 4.00. The molecule has 3 heteroatoms. The summed E-state index contributed by atoms with van der Waals surface area (Å²) in [6.07, 6.45) is 7.50. The molecule has 0 spiro atoms. The van der Waals surface area contributed by atoms with E-state index in [0.29, 0.717) is 12.2 Å². The molecule has 2 N–H and O–H groups in total. The van der Waals surface area contributed by atoms with Crippen LogP contribution >= 0.6 is 0 Å². The number of aliphatic hydroxyl groups is 1. The second-order valence-electron chi connectivity index (χ2n) is 8.08. The standard InChI is InChI=1S/C19H31NO2/c1-18(2,3)14-10-8-13(9-11-16(21)20-7)12-15(17(14)22)19(4,5)6/h8,10,12-13,22H,9,11H2,1-7H3,(H,20,21). The predicted octanol–water partition coefficient (Wildman–Crippen LogP) is 4.53. The maximum Gasteiger partial charge on any atom is 0.219 e. The molecule has 0 aromatic rings. The third kappa shape index (κ3) is 4.75. The van der Waals surface area contributed by atoms with Gasteiger partial charge in [0.15, 0.2) is 0 Å². The van der Waals surface area contributed by atoms with Crippen molar-refractivity contribution in [2.24, 2.45) is 16.7 Å². The van der Waals surface area contributed by atoms with Crippen LogP contribution in [-0.2, 0) is 4.79 Å². The van der Waals surface area contributed by atoms with Gasteiger partial charge in [0.25, 0.3) is 0 Å². The summed E-state index contributed by atoms with van der Waals surface area (Å²) < 4.78 is 0. The van der Waals surface area contributed by atoms with E-state index < -0.39 is 0 Å². The minimum atomic E-state index is -0.141. The van der Waals surface area contributed by atoms with Gasteiger partial charge in [0.1, 0.15) is 5.76 Å². The minimum Gasteiger partial charge on any atom is -0.507 e. The van der Waals surface area contributed by atoms with Crippen molar-refractivity contribution >= 4 is 5.91 Å². The summed E-state index contributed by atoms with van der Waals surface area (Å²) in [4.78, 5) is 11.5. The molecular weight excluding hydrogens is 274 g/mol. The molecule has 1 amide bonds. The maximum absolute atomic E-state index is 11.5. The number of nitrogens with one attached hydrogen (secondary N) is 1. The Bertz CT molecular complexity index is 511. The molecule has 0 bridgehead atoms. The molecule has 0 aliphatic heterocycles. The molecule has 0 saturated heterocycles. The van der Waals surface area contributed by atoms with Gasteiger partial charge in [-0.05, 0) is 34.3 Å². The molecule has 0 aromatic heterocycles. The average Bonchev–Trinajstić information content (AvgIpc) is 2.54. The molecule has 1 aliphatic rings. The van der Waals surface area contributed by atoms with Gasteiger partial charge in [0.05, 0.1) is 0 Å². The molecule has 0 fully saturated rings. The van der Waals surface area contributed by atoms with E-state index in [1.54, 1.807) is 7.05 Å². The summed E-state index contributed by atoms with van der Waals surface area (Å²) in [6, 6.07) is 0. The molecule has 0 heterocycles. The Morgan fingerprint density at radius 3 is 2.23 bits per heavy atom. The first-order valence-corrected chi connectivity index (χ1v) is 8.02. The Morgan fingerprint density at radius 2 is 1.77 bits per heavy atom. The van der Waals surface area contributed by atoms with Gasteiger partial charge in [-0.2, -0.15) is 0 Å². The average molecular weight is 305 g/mol. The largest absolute Gasteiger partial charge is 0.507 e. The van der Waals surface area contributed by atoms with Crippen molar-refractivity contribution in [2.45, 2.75) is 54.4 Å². The highest BCUT2D eigenvalue weighted by Crippen LogP contribution is 2.40. The molecule has 1 unspecified atom stereocenters. The van der Waals surface area contributed by atoms with E-state index in [1.165, 1.54) is 0 Å². The summed E-state index contributed by atoms with van der Waals surface area (Å²) in [5, 5.41) is 13.5. The van der Waals surface area contributed by atoms with Crippen molar-refractivity contribution in [1.29, 1.82) is 0 Å². The van der Waals surface area contributed by atoms with Gasteiger partial charge in [-0.1, -0.05) is 59.8 Å². The van der Waals surface area contributed by atoms with Crippen LogP contribution in [0, 0.1) is 16.7 Å². The first kappa shape index (κ1) is 18.5. The van der Waals surface area contributed by atoms with E-state index in [4.69, 9.17) is 0 Å². The normalized spacial score (nSPS) is 19.8. The molecule has 1 aliphatic carbocycles. The Labute approximate surface area is 135 Å². The predicted molar refractivity (Wildman–Crippen MR) is 92.6 cm³/mol. The second-order valence-corrected chi connectivity index (χ2v) is 8.08. The van der Waals surface area contributed by atoms with E-state index in [9.17, 15) is 9.90 Å². The summed E-state index contributed by atoms with van der Waals surface area (Å²) in [6.45, 7) is 12.6. The zero-order valence-electron chi connectivity index (χ0n) is 15.1. The van der Waals surface area contributed by atoms with Crippen LogP contribution in [0.5, 0.6) is 0 Å². The lowest BCUT2D eigenvalue weighted by atomic mass is 9.79. The number of aliphatic hydroxyl groups excluding tert-OH is 1. The summed E-state index contributed by atoms with van der Waals surface area (Å²) in [5.41, 5.74) is 1.65. The van der Waals surface area contributed by atoms with Crippen LogP contribution in [0.2, 0.25) is 0 Å². The SMILES string of the molecule is CNC(=O)CCC1C=CC(C(C)(C)C)=C(O)C(C(C)(C)C)=C1. The Hall–Kier alpha value is -1.51. The van der Waals surface area contributed by atoms with Crippen LogP contribution in [0.4, 0.5) is 0 Å². The van der Waals surface area contributed by atoms with E-state index in [-0.39, 0.29) is 22.7 Å². The highest BCUT2D eigenvalue weighted by atomic mass is 16.3. The summed E-state index contributed by atoms with van der Waals surface area (Å²) in [5.74, 6) is 0.601. The van der Waals surface area contributed by atoms with Crippen molar-refractivity contribution in [3.63, 3.8) is 0 Å².